The second-order valence-corrected chi connectivity index (χ2v) is 11.3. The summed E-state index contributed by atoms with van der Waals surface area (Å²) in [6, 6.07) is 20.1. The number of nitrogens with zero attached hydrogens (tertiary/aromatic N) is 5. The van der Waals surface area contributed by atoms with E-state index in [0.29, 0.717) is 24.6 Å². The Kier molecular flexibility index (Phi) is 14.1. The maximum absolute atomic E-state index is 13.2. The number of carbonyl (C=O) groups is 2. The van der Waals surface area contributed by atoms with Gasteiger partial charge in [0, 0.05) is 63.3 Å². The quantitative estimate of drug-likeness (QED) is 0.129. The molecule has 0 atom stereocenters. The number of aromatic nitrogens is 2. The van der Waals surface area contributed by atoms with Gasteiger partial charge in [0.2, 0.25) is 11.8 Å². The number of hydrogen-bond donors (Lipinski definition) is 0. The largest absolute Gasteiger partial charge is 0.493 e. The minimum Gasteiger partial charge on any atom is -0.493 e. The van der Waals surface area contributed by atoms with E-state index in [1.807, 2.05) is 49.6 Å². The molecule has 242 valence electrons. The van der Waals surface area contributed by atoms with Crippen molar-refractivity contribution >= 4 is 71.3 Å². The van der Waals surface area contributed by atoms with Crippen molar-refractivity contribution in [1.29, 1.82) is 0 Å². The first-order chi connectivity index (χ1) is 20.3. The Labute approximate surface area is 284 Å². The highest BCUT2D eigenvalue weighted by atomic mass is 35.5. The molecule has 0 fully saturated rings. The maximum atomic E-state index is 13.2. The van der Waals surface area contributed by atoms with Crippen molar-refractivity contribution in [2.45, 2.75) is 40.2 Å². The lowest BCUT2D eigenvalue weighted by molar-refractivity contribution is -0.137. The molecular weight excluding hydrogens is 633 g/mol. The molecule has 0 N–H and O–H groups in total. The standard InChI is InChI=1S/C34H39N5O3.3ClH/c1-5-39-30-14-13-27(22-31(30)37(4)32(40)34(2,3)33(39)41)42-21-9-19-38(20-16-25-10-8-17-35-23-25)24-26-15-18-36-29-12-7-6-11-28(26)29;;;/h6-8,10-15,17-18,22-23H,5,9,16,19-21,24H2,1-4H3;3*1H. The number of benzene rings is 2. The monoisotopic (exact) mass is 673 g/mol. The fourth-order valence-corrected chi connectivity index (χ4v) is 5.59. The topological polar surface area (TPSA) is 78.9 Å². The number of pyridine rings is 2. The molecule has 0 unspecified atom stereocenters. The normalized spacial score (nSPS) is 13.8. The van der Waals surface area contributed by atoms with Crippen LogP contribution in [-0.4, -0.2) is 60.0 Å². The van der Waals surface area contributed by atoms with Gasteiger partial charge in [-0.25, -0.2) is 0 Å². The van der Waals surface area contributed by atoms with E-state index < -0.39 is 5.41 Å². The molecule has 2 aromatic heterocycles. The van der Waals surface area contributed by atoms with Crippen LogP contribution >= 0.6 is 37.2 Å². The molecule has 45 heavy (non-hydrogen) atoms. The van der Waals surface area contributed by atoms with Crippen LogP contribution in [0.2, 0.25) is 0 Å². The number of rotatable bonds is 11. The summed E-state index contributed by atoms with van der Waals surface area (Å²) < 4.78 is 6.19. The number of halogens is 3. The number of fused-ring (bicyclic) bond motifs is 2. The molecule has 0 aliphatic carbocycles. The molecular formula is C34H42Cl3N5O3. The van der Waals surface area contributed by atoms with Gasteiger partial charge in [-0.2, -0.15) is 0 Å². The van der Waals surface area contributed by atoms with Crippen LogP contribution < -0.4 is 14.5 Å². The highest BCUT2D eigenvalue weighted by Gasteiger charge is 2.45. The van der Waals surface area contributed by atoms with E-state index in [0.717, 1.165) is 43.7 Å². The molecule has 0 bridgehead atoms. The highest BCUT2D eigenvalue weighted by molar-refractivity contribution is 6.20. The van der Waals surface area contributed by atoms with Gasteiger partial charge in [0.1, 0.15) is 11.2 Å². The predicted octanol–water partition coefficient (Wildman–Crippen LogP) is 6.76. The molecule has 0 saturated carbocycles. The zero-order chi connectivity index (χ0) is 29.7. The Morgan fingerprint density at radius 3 is 2.40 bits per heavy atom. The molecule has 8 nitrogen and oxygen atoms in total. The number of carbonyl (C=O) groups excluding carboxylic acids is 2. The summed E-state index contributed by atoms with van der Waals surface area (Å²) in [7, 11) is 1.72. The molecule has 2 amide bonds. The van der Waals surface area contributed by atoms with Crippen LogP contribution in [-0.2, 0) is 22.6 Å². The summed E-state index contributed by atoms with van der Waals surface area (Å²) in [5.74, 6) is 0.260. The zero-order valence-corrected chi connectivity index (χ0v) is 28.6. The molecule has 5 rings (SSSR count). The van der Waals surface area contributed by atoms with Gasteiger partial charge < -0.3 is 14.5 Å². The lowest BCUT2D eigenvalue weighted by Crippen LogP contribution is -2.47. The lowest BCUT2D eigenvalue weighted by atomic mass is 9.90. The van der Waals surface area contributed by atoms with Gasteiger partial charge in [0.25, 0.3) is 0 Å². The van der Waals surface area contributed by atoms with Crippen molar-refractivity contribution in [2.24, 2.45) is 5.41 Å². The first-order valence-electron chi connectivity index (χ1n) is 14.6. The van der Waals surface area contributed by atoms with E-state index >= 15 is 0 Å². The van der Waals surface area contributed by atoms with Crippen LogP contribution in [0.3, 0.4) is 0 Å². The van der Waals surface area contributed by atoms with E-state index in [1.165, 1.54) is 16.5 Å². The molecule has 4 aromatic rings. The van der Waals surface area contributed by atoms with Crippen LogP contribution in [0.1, 0.15) is 38.3 Å². The smallest absolute Gasteiger partial charge is 0.242 e. The van der Waals surface area contributed by atoms with Gasteiger partial charge in [-0.3, -0.25) is 24.5 Å². The van der Waals surface area contributed by atoms with Gasteiger partial charge in [-0.05, 0) is 75.1 Å². The molecule has 0 spiro atoms. The Morgan fingerprint density at radius 2 is 1.67 bits per heavy atom. The summed E-state index contributed by atoms with van der Waals surface area (Å²) in [5, 5.41) is 1.18. The number of anilines is 2. The van der Waals surface area contributed by atoms with Gasteiger partial charge in [0.15, 0.2) is 0 Å². The van der Waals surface area contributed by atoms with E-state index in [-0.39, 0.29) is 49.0 Å². The Hall–Kier alpha value is -3.43. The maximum Gasteiger partial charge on any atom is 0.242 e. The number of ether oxygens (including phenoxy) is 1. The zero-order valence-electron chi connectivity index (χ0n) is 26.1. The third-order valence-electron chi connectivity index (χ3n) is 7.99. The fraction of sp³-hybridized carbons (Fsp3) is 0.353. The van der Waals surface area contributed by atoms with Crippen molar-refractivity contribution in [3.8, 4) is 5.75 Å². The third kappa shape index (κ3) is 8.44. The molecule has 11 heteroatoms. The summed E-state index contributed by atoms with van der Waals surface area (Å²) in [6.07, 6.45) is 7.35. The second-order valence-electron chi connectivity index (χ2n) is 11.3. The second kappa shape index (κ2) is 16.8. The molecule has 0 saturated heterocycles. The Bertz CT molecular complexity index is 1570. The van der Waals surface area contributed by atoms with Gasteiger partial charge >= 0.3 is 0 Å². The number of hydrogen-bond acceptors (Lipinski definition) is 6. The SMILES string of the molecule is CCN1C(=O)C(C)(C)C(=O)N(C)c2cc(OCCCN(CCc3cccnc3)Cc3ccnc4ccccc34)ccc21.Cl.Cl.Cl. The van der Waals surface area contributed by atoms with E-state index in [1.54, 1.807) is 36.9 Å². The summed E-state index contributed by atoms with van der Waals surface area (Å²) in [5.41, 5.74) is 3.74. The molecule has 3 heterocycles. The van der Waals surface area contributed by atoms with E-state index in [9.17, 15) is 9.59 Å². The first-order valence-corrected chi connectivity index (χ1v) is 14.6. The molecule has 1 aliphatic heterocycles. The Balaban J connectivity index is 0.00000235. The predicted molar refractivity (Wildman–Crippen MR) is 188 cm³/mol. The first kappa shape index (κ1) is 37.8. The average Bonchev–Trinajstić information content (AvgIpc) is 3.06. The van der Waals surface area contributed by atoms with Crippen molar-refractivity contribution in [3.05, 3.63) is 90.4 Å². The van der Waals surface area contributed by atoms with Crippen molar-refractivity contribution in [2.75, 3.05) is 43.1 Å². The minimum atomic E-state index is -1.13. The van der Waals surface area contributed by atoms with Crippen LogP contribution in [0.15, 0.2) is 79.3 Å². The van der Waals surface area contributed by atoms with Crippen LogP contribution in [0.25, 0.3) is 10.9 Å². The van der Waals surface area contributed by atoms with Crippen LogP contribution in [0.5, 0.6) is 5.75 Å². The van der Waals surface area contributed by atoms with Crippen LogP contribution in [0, 0.1) is 5.41 Å². The van der Waals surface area contributed by atoms with Crippen molar-refractivity contribution < 1.29 is 14.3 Å². The Morgan fingerprint density at radius 1 is 0.889 bits per heavy atom. The summed E-state index contributed by atoms with van der Waals surface area (Å²) in [6.45, 7) is 8.87. The summed E-state index contributed by atoms with van der Waals surface area (Å²) >= 11 is 0. The van der Waals surface area contributed by atoms with E-state index in [2.05, 4.69) is 45.2 Å². The molecule has 1 aliphatic rings. The summed E-state index contributed by atoms with van der Waals surface area (Å²) in [4.78, 5) is 40.8. The van der Waals surface area contributed by atoms with Gasteiger partial charge in [-0.1, -0.05) is 24.3 Å². The average molecular weight is 675 g/mol. The number of para-hydroxylation sites is 1. The molecule has 0 radical (unpaired) electrons. The van der Waals surface area contributed by atoms with Crippen molar-refractivity contribution in [1.82, 2.24) is 14.9 Å². The van der Waals surface area contributed by atoms with E-state index in [4.69, 9.17) is 4.74 Å². The van der Waals surface area contributed by atoms with Crippen molar-refractivity contribution in [3.63, 3.8) is 0 Å². The molecule has 2 aromatic carbocycles. The fourth-order valence-electron chi connectivity index (χ4n) is 5.59. The number of amides is 2. The third-order valence-corrected chi connectivity index (χ3v) is 7.99. The highest BCUT2D eigenvalue weighted by Crippen LogP contribution is 2.40. The minimum absolute atomic E-state index is 0. The van der Waals surface area contributed by atoms with Gasteiger partial charge in [-0.15, -0.1) is 37.2 Å². The van der Waals surface area contributed by atoms with Crippen LogP contribution in [0.4, 0.5) is 11.4 Å². The van der Waals surface area contributed by atoms with Gasteiger partial charge in [0.05, 0.1) is 23.5 Å². The lowest BCUT2D eigenvalue weighted by Gasteiger charge is -2.27.